The molecule has 2 saturated heterocycles. The predicted molar refractivity (Wildman–Crippen MR) is 81.2 cm³/mol. The average Bonchev–Trinajstić information content (AvgIpc) is 2.90. The number of rotatable bonds is 4. The van der Waals surface area contributed by atoms with Gasteiger partial charge in [0.2, 0.25) is 0 Å². The van der Waals surface area contributed by atoms with E-state index in [4.69, 9.17) is 19.9 Å². The van der Waals surface area contributed by atoms with Crippen molar-refractivity contribution in [2.45, 2.75) is 32.1 Å². The van der Waals surface area contributed by atoms with Gasteiger partial charge in [0, 0.05) is 24.2 Å². The van der Waals surface area contributed by atoms with E-state index in [0.717, 1.165) is 49.5 Å². The van der Waals surface area contributed by atoms with Crippen molar-refractivity contribution in [3.05, 3.63) is 23.8 Å². The molecule has 0 radical (unpaired) electrons. The lowest BCUT2D eigenvalue weighted by Gasteiger charge is -2.38. The summed E-state index contributed by atoms with van der Waals surface area (Å²) in [6.07, 6.45) is 2.07. The molecule has 0 atom stereocenters. The number of likely N-dealkylation sites (tertiary alicyclic amines) is 1. The number of piperidine rings is 1. The van der Waals surface area contributed by atoms with Crippen molar-refractivity contribution in [3.8, 4) is 5.75 Å². The maximum atomic E-state index is 5.92. The molecule has 116 valence electrons. The summed E-state index contributed by atoms with van der Waals surface area (Å²) in [5.74, 6) is 0.532. The van der Waals surface area contributed by atoms with Crippen molar-refractivity contribution in [2.75, 3.05) is 38.6 Å². The number of nitrogens with two attached hydrogens (primary N) is 1. The highest BCUT2D eigenvalue weighted by atomic mass is 16.7. The zero-order valence-electron chi connectivity index (χ0n) is 12.6. The second-order valence-corrected chi connectivity index (χ2v) is 5.72. The van der Waals surface area contributed by atoms with Crippen molar-refractivity contribution < 1.29 is 14.2 Å². The zero-order chi connectivity index (χ0) is 14.7. The molecule has 0 aliphatic carbocycles. The van der Waals surface area contributed by atoms with Crippen LogP contribution in [0, 0.1) is 0 Å². The van der Waals surface area contributed by atoms with Crippen molar-refractivity contribution >= 4 is 5.69 Å². The summed E-state index contributed by atoms with van der Waals surface area (Å²) < 4.78 is 17.4. The van der Waals surface area contributed by atoms with Gasteiger partial charge in [-0.1, -0.05) is 0 Å². The molecular weight excluding hydrogens is 268 g/mol. The molecule has 2 aliphatic heterocycles. The number of hydrogen-bond donors (Lipinski definition) is 1. The molecule has 2 aliphatic rings. The molecule has 0 amide bonds. The molecule has 3 rings (SSSR count). The molecule has 5 heteroatoms. The lowest BCUT2D eigenvalue weighted by molar-refractivity contribution is -0.190. The van der Waals surface area contributed by atoms with Gasteiger partial charge in [-0.25, -0.2) is 0 Å². The minimum absolute atomic E-state index is 0.385. The summed E-state index contributed by atoms with van der Waals surface area (Å²) >= 11 is 0. The van der Waals surface area contributed by atoms with Crippen LogP contribution in [0.3, 0.4) is 0 Å². The van der Waals surface area contributed by atoms with Crippen LogP contribution in [0.15, 0.2) is 18.2 Å². The third kappa shape index (κ3) is 3.31. The van der Waals surface area contributed by atoms with Crippen molar-refractivity contribution in [1.29, 1.82) is 0 Å². The van der Waals surface area contributed by atoms with Crippen LogP contribution in [0.5, 0.6) is 5.75 Å². The van der Waals surface area contributed by atoms with Gasteiger partial charge in [-0.3, -0.25) is 4.90 Å². The standard InChI is InChI=1S/C16H24N2O3/c1-2-19-15-5-4-14(17)10-13(15)11-18-7-3-6-16(12-18)20-8-9-21-16/h4-5,10H,2-3,6-9,11-12,17H2,1H3. The summed E-state index contributed by atoms with van der Waals surface area (Å²) in [7, 11) is 0. The molecular formula is C16H24N2O3. The third-order valence-electron chi connectivity index (χ3n) is 4.09. The van der Waals surface area contributed by atoms with Gasteiger partial charge in [0.05, 0.1) is 26.4 Å². The van der Waals surface area contributed by atoms with E-state index in [1.807, 2.05) is 25.1 Å². The van der Waals surface area contributed by atoms with E-state index < -0.39 is 0 Å². The monoisotopic (exact) mass is 292 g/mol. The number of hydrogen-bond acceptors (Lipinski definition) is 5. The van der Waals surface area contributed by atoms with Crippen LogP contribution in [0.4, 0.5) is 5.69 Å². The van der Waals surface area contributed by atoms with Gasteiger partial charge in [0.25, 0.3) is 0 Å². The van der Waals surface area contributed by atoms with Crippen LogP contribution >= 0.6 is 0 Å². The van der Waals surface area contributed by atoms with Gasteiger partial charge in [-0.2, -0.15) is 0 Å². The lowest BCUT2D eigenvalue weighted by atomic mass is 10.0. The van der Waals surface area contributed by atoms with E-state index >= 15 is 0 Å². The molecule has 2 fully saturated rings. The third-order valence-corrected chi connectivity index (χ3v) is 4.09. The summed E-state index contributed by atoms with van der Waals surface area (Å²) in [4.78, 5) is 2.37. The van der Waals surface area contributed by atoms with Gasteiger partial charge in [-0.05, 0) is 38.1 Å². The van der Waals surface area contributed by atoms with Crippen LogP contribution in [0.25, 0.3) is 0 Å². The predicted octanol–water partition coefficient (Wildman–Crippen LogP) is 2.01. The number of nitrogens with zero attached hydrogens (tertiary/aromatic N) is 1. The first kappa shape index (κ1) is 14.6. The molecule has 1 aromatic rings. The Morgan fingerprint density at radius 1 is 1.33 bits per heavy atom. The maximum Gasteiger partial charge on any atom is 0.181 e. The second-order valence-electron chi connectivity index (χ2n) is 5.72. The van der Waals surface area contributed by atoms with Gasteiger partial charge in [0.15, 0.2) is 5.79 Å². The Labute approximate surface area is 126 Å². The van der Waals surface area contributed by atoms with E-state index in [9.17, 15) is 0 Å². The Kier molecular flexibility index (Phi) is 4.33. The first-order valence-electron chi connectivity index (χ1n) is 7.72. The Morgan fingerprint density at radius 2 is 2.14 bits per heavy atom. The van der Waals surface area contributed by atoms with E-state index in [2.05, 4.69) is 4.90 Å². The van der Waals surface area contributed by atoms with Gasteiger partial charge >= 0.3 is 0 Å². The van der Waals surface area contributed by atoms with Crippen LogP contribution in [-0.2, 0) is 16.0 Å². The Morgan fingerprint density at radius 3 is 2.90 bits per heavy atom. The molecule has 5 nitrogen and oxygen atoms in total. The number of nitrogen functional groups attached to an aromatic ring is 1. The topological polar surface area (TPSA) is 57.0 Å². The highest BCUT2D eigenvalue weighted by molar-refractivity contribution is 5.47. The van der Waals surface area contributed by atoms with Crippen LogP contribution in [0.2, 0.25) is 0 Å². The lowest BCUT2D eigenvalue weighted by Crippen LogP contribution is -2.48. The minimum Gasteiger partial charge on any atom is -0.494 e. The average molecular weight is 292 g/mol. The molecule has 0 saturated carbocycles. The van der Waals surface area contributed by atoms with Crippen LogP contribution < -0.4 is 10.5 Å². The molecule has 0 unspecified atom stereocenters. The van der Waals surface area contributed by atoms with E-state index in [0.29, 0.717) is 19.8 Å². The molecule has 0 bridgehead atoms. The Balaban J connectivity index is 1.72. The summed E-state index contributed by atoms with van der Waals surface area (Å²) in [5, 5.41) is 0. The van der Waals surface area contributed by atoms with Gasteiger partial charge in [-0.15, -0.1) is 0 Å². The first-order valence-corrected chi connectivity index (χ1v) is 7.72. The fraction of sp³-hybridized carbons (Fsp3) is 0.625. The second kappa shape index (κ2) is 6.22. The number of benzene rings is 1. The van der Waals surface area contributed by atoms with E-state index in [1.165, 1.54) is 0 Å². The summed E-state index contributed by atoms with van der Waals surface area (Å²) in [6, 6.07) is 5.84. The fourth-order valence-corrected chi connectivity index (χ4v) is 3.20. The maximum absolute atomic E-state index is 5.92. The molecule has 2 heterocycles. The summed E-state index contributed by atoms with van der Waals surface area (Å²) in [6.45, 7) is 6.74. The molecule has 0 aromatic heterocycles. The largest absolute Gasteiger partial charge is 0.494 e. The highest BCUT2D eigenvalue weighted by Crippen LogP contribution is 2.32. The quantitative estimate of drug-likeness (QED) is 0.860. The number of anilines is 1. The Bertz CT molecular complexity index is 486. The first-order chi connectivity index (χ1) is 10.2. The van der Waals surface area contributed by atoms with Crippen molar-refractivity contribution in [2.24, 2.45) is 0 Å². The van der Waals surface area contributed by atoms with Gasteiger partial charge in [0.1, 0.15) is 5.75 Å². The Hall–Kier alpha value is -1.30. The minimum atomic E-state index is -0.385. The van der Waals surface area contributed by atoms with Gasteiger partial charge < -0.3 is 19.9 Å². The van der Waals surface area contributed by atoms with E-state index in [-0.39, 0.29) is 5.79 Å². The van der Waals surface area contributed by atoms with Crippen molar-refractivity contribution in [1.82, 2.24) is 4.90 Å². The SMILES string of the molecule is CCOc1ccc(N)cc1CN1CCCC2(C1)OCCO2. The highest BCUT2D eigenvalue weighted by Gasteiger charge is 2.40. The molecule has 21 heavy (non-hydrogen) atoms. The van der Waals surface area contributed by atoms with E-state index in [1.54, 1.807) is 0 Å². The zero-order valence-corrected chi connectivity index (χ0v) is 12.6. The van der Waals surface area contributed by atoms with Crippen LogP contribution in [0.1, 0.15) is 25.3 Å². The number of ether oxygens (including phenoxy) is 3. The summed E-state index contributed by atoms with van der Waals surface area (Å²) in [5.41, 5.74) is 7.82. The molecule has 1 aromatic carbocycles. The van der Waals surface area contributed by atoms with Crippen molar-refractivity contribution in [3.63, 3.8) is 0 Å². The fourth-order valence-electron chi connectivity index (χ4n) is 3.20. The smallest absolute Gasteiger partial charge is 0.181 e. The van der Waals surface area contributed by atoms with Crippen LogP contribution in [-0.4, -0.2) is 43.6 Å². The normalized spacial score (nSPS) is 21.8. The molecule has 2 N–H and O–H groups in total. The molecule has 1 spiro atoms.